The van der Waals surface area contributed by atoms with E-state index in [1.54, 1.807) is 20.8 Å². The molecule has 0 bridgehead atoms. The second kappa shape index (κ2) is 6.68. The molecule has 1 aromatic rings. The molecule has 0 amide bonds. The van der Waals surface area contributed by atoms with Gasteiger partial charge in [0.15, 0.2) is 5.69 Å². The Morgan fingerprint density at radius 3 is 2.60 bits per heavy atom. The van der Waals surface area contributed by atoms with Crippen molar-refractivity contribution in [1.29, 1.82) is 0 Å². The molecule has 9 heteroatoms. The van der Waals surface area contributed by atoms with E-state index in [9.17, 15) is 22.8 Å². The van der Waals surface area contributed by atoms with Crippen LogP contribution >= 0.6 is 0 Å². The summed E-state index contributed by atoms with van der Waals surface area (Å²) in [4.78, 5) is 23.2. The van der Waals surface area contributed by atoms with Crippen LogP contribution in [0.1, 0.15) is 62.1 Å². The Bertz CT molecular complexity index is 671. The number of ether oxygens (including phenoxy) is 1. The molecular formula is C16H21F3N2O4. The van der Waals surface area contributed by atoms with Gasteiger partial charge >= 0.3 is 18.1 Å². The Balaban J connectivity index is 2.33. The largest absolute Gasteiger partial charge is 0.478 e. The lowest BCUT2D eigenvalue weighted by molar-refractivity contribution is -0.159. The summed E-state index contributed by atoms with van der Waals surface area (Å²) in [6.07, 6.45) is -3.13. The van der Waals surface area contributed by atoms with Gasteiger partial charge in [-0.1, -0.05) is 6.92 Å². The molecule has 1 aromatic heterocycles. The third-order valence-electron chi connectivity index (χ3n) is 4.80. The van der Waals surface area contributed by atoms with Gasteiger partial charge in [0.2, 0.25) is 0 Å². The van der Waals surface area contributed by atoms with Crippen molar-refractivity contribution >= 4 is 11.9 Å². The van der Waals surface area contributed by atoms with Crippen molar-refractivity contribution in [2.75, 3.05) is 6.61 Å². The van der Waals surface area contributed by atoms with Crippen LogP contribution in [-0.4, -0.2) is 33.4 Å². The number of aromatic nitrogens is 2. The molecule has 0 aromatic carbocycles. The van der Waals surface area contributed by atoms with Gasteiger partial charge < -0.3 is 9.84 Å². The molecule has 1 fully saturated rings. The van der Waals surface area contributed by atoms with Gasteiger partial charge in [0.25, 0.3) is 0 Å². The van der Waals surface area contributed by atoms with E-state index in [4.69, 9.17) is 9.84 Å². The predicted octanol–water partition coefficient (Wildman–Crippen LogP) is 3.53. The second-order valence-electron chi connectivity index (χ2n) is 6.72. The summed E-state index contributed by atoms with van der Waals surface area (Å²) < 4.78 is 45.9. The number of rotatable bonds is 4. The molecule has 3 atom stereocenters. The third kappa shape index (κ3) is 3.64. The van der Waals surface area contributed by atoms with E-state index in [1.165, 1.54) is 0 Å². The summed E-state index contributed by atoms with van der Waals surface area (Å²) in [6.45, 7) is 5.42. The van der Waals surface area contributed by atoms with Gasteiger partial charge in [0, 0.05) is 0 Å². The first kappa shape index (κ1) is 19.3. The molecule has 1 heterocycles. The van der Waals surface area contributed by atoms with Crippen molar-refractivity contribution in [3.05, 3.63) is 17.5 Å². The first-order chi connectivity index (χ1) is 11.5. The van der Waals surface area contributed by atoms with Crippen molar-refractivity contribution in [3.63, 3.8) is 0 Å². The summed E-state index contributed by atoms with van der Waals surface area (Å²) >= 11 is 0. The number of halogens is 3. The van der Waals surface area contributed by atoms with E-state index >= 15 is 0 Å². The van der Waals surface area contributed by atoms with Crippen molar-refractivity contribution in [2.24, 2.45) is 11.3 Å². The van der Waals surface area contributed by atoms with E-state index < -0.39 is 34.9 Å². The van der Waals surface area contributed by atoms with Crippen LogP contribution in [0.15, 0.2) is 6.20 Å². The first-order valence-corrected chi connectivity index (χ1v) is 8.06. The summed E-state index contributed by atoms with van der Waals surface area (Å²) in [5.41, 5.74) is -2.87. The molecule has 0 spiro atoms. The van der Waals surface area contributed by atoms with Crippen LogP contribution in [0, 0.1) is 11.3 Å². The van der Waals surface area contributed by atoms with Crippen LogP contribution in [0.5, 0.6) is 0 Å². The maximum Gasteiger partial charge on any atom is 0.433 e. The van der Waals surface area contributed by atoms with E-state index in [2.05, 4.69) is 5.10 Å². The van der Waals surface area contributed by atoms with E-state index in [0.717, 1.165) is 10.9 Å². The number of carbonyl (C=O) groups excluding carboxylic acids is 1. The Kier molecular flexibility index (Phi) is 5.15. The zero-order valence-electron chi connectivity index (χ0n) is 14.3. The fourth-order valence-electron chi connectivity index (χ4n) is 3.61. The molecule has 0 radical (unpaired) electrons. The maximum atomic E-state index is 13.4. The van der Waals surface area contributed by atoms with E-state index in [-0.39, 0.29) is 24.9 Å². The molecule has 6 nitrogen and oxygen atoms in total. The third-order valence-corrected chi connectivity index (χ3v) is 4.80. The zero-order valence-corrected chi connectivity index (χ0v) is 14.3. The molecule has 0 unspecified atom stereocenters. The normalized spacial score (nSPS) is 27.1. The van der Waals surface area contributed by atoms with Crippen LogP contribution < -0.4 is 0 Å². The predicted molar refractivity (Wildman–Crippen MR) is 81.0 cm³/mol. The molecule has 25 heavy (non-hydrogen) atoms. The number of carboxylic acid groups (broad SMARTS) is 1. The highest BCUT2D eigenvalue weighted by atomic mass is 19.4. The van der Waals surface area contributed by atoms with Gasteiger partial charge in [-0.3, -0.25) is 9.48 Å². The monoisotopic (exact) mass is 362 g/mol. The average Bonchev–Trinajstić information content (AvgIpc) is 2.92. The minimum Gasteiger partial charge on any atom is -0.478 e. The lowest BCUT2D eigenvalue weighted by Gasteiger charge is -2.40. The van der Waals surface area contributed by atoms with Crippen LogP contribution in [0.25, 0.3) is 0 Å². The van der Waals surface area contributed by atoms with Crippen LogP contribution in [0.4, 0.5) is 13.2 Å². The minimum absolute atomic E-state index is 0.242. The van der Waals surface area contributed by atoms with Gasteiger partial charge in [0.1, 0.15) is 5.56 Å². The number of hydrogen-bond donors (Lipinski definition) is 1. The molecule has 1 N–H and O–H groups in total. The Labute approximate surface area is 143 Å². The number of nitrogens with zero attached hydrogens (tertiary/aromatic N) is 2. The highest BCUT2D eigenvalue weighted by Gasteiger charge is 2.47. The quantitative estimate of drug-likeness (QED) is 0.829. The molecule has 1 aliphatic rings. The van der Waals surface area contributed by atoms with Gasteiger partial charge in [-0.05, 0) is 39.0 Å². The number of hydrogen-bond acceptors (Lipinski definition) is 4. The first-order valence-electron chi connectivity index (χ1n) is 8.06. The van der Waals surface area contributed by atoms with Crippen molar-refractivity contribution < 1.29 is 32.6 Å². The second-order valence-corrected chi connectivity index (χ2v) is 6.72. The van der Waals surface area contributed by atoms with Crippen LogP contribution in [-0.2, 0) is 15.7 Å². The topological polar surface area (TPSA) is 81.4 Å². The van der Waals surface area contributed by atoms with Crippen LogP contribution in [0.2, 0.25) is 0 Å². The van der Waals surface area contributed by atoms with Gasteiger partial charge in [-0.15, -0.1) is 0 Å². The van der Waals surface area contributed by atoms with E-state index in [0.29, 0.717) is 12.8 Å². The molecule has 1 aliphatic carbocycles. The van der Waals surface area contributed by atoms with Gasteiger partial charge in [0.05, 0.1) is 24.3 Å². The average molecular weight is 362 g/mol. The zero-order chi connectivity index (χ0) is 19.0. The van der Waals surface area contributed by atoms with Crippen molar-refractivity contribution in [1.82, 2.24) is 9.78 Å². The minimum atomic E-state index is -4.83. The van der Waals surface area contributed by atoms with Gasteiger partial charge in [-0.2, -0.15) is 18.3 Å². The number of alkyl halides is 3. The Hall–Kier alpha value is -2.06. The summed E-state index contributed by atoms with van der Waals surface area (Å²) in [5, 5.41) is 12.7. The van der Waals surface area contributed by atoms with E-state index in [1.807, 2.05) is 0 Å². The number of carbonyl (C=O) groups is 2. The summed E-state index contributed by atoms with van der Waals surface area (Å²) in [7, 11) is 0. The smallest absolute Gasteiger partial charge is 0.433 e. The standard InChI is InChI=1S/C16H21F3N2O4/c1-4-25-14(24)15(3)6-5-11(9(2)7-15)21-12(16(17,18)19)10(8-20-21)13(22)23/h8-9,11H,4-7H2,1-3H3,(H,22,23)/t9-,11+,15-/m1/s1. The van der Waals surface area contributed by atoms with Crippen LogP contribution in [0.3, 0.4) is 0 Å². The Morgan fingerprint density at radius 1 is 1.48 bits per heavy atom. The highest BCUT2D eigenvalue weighted by molar-refractivity contribution is 5.88. The lowest BCUT2D eigenvalue weighted by Crippen LogP contribution is -2.39. The summed E-state index contributed by atoms with van der Waals surface area (Å²) in [5.74, 6) is -2.33. The SMILES string of the molecule is CCOC(=O)[C@]1(C)CC[C@H](n2ncc(C(=O)O)c2C(F)(F)F)[C@H](C)C1. The highest BCUT2D eigenvalue weighted by Crippen LogP contribution is 2.46. The van der Waals surface area contributed by atoms with Crippen molar-refractivity contribution in [3.8, 4) is 0 Å². The molecule has 0 aliphatic heterocycles. The maximum absolute atomic E-state index is 13.4. The Morgan fingerprint density at radius 2 is 2.12 bits per heavy atom. The van der Waals surface area contributed by atoms with Gasteiger partial charge in [-0.25, -0.2) is 4.79 Å². The fourth-order valence-corrected chi connectivity index (χ4v) is 3.61. The molecule has 2 rings (SSSR count). The molecular weight excluding hydrogens is 341 g/mol. The lowest BCUT2D eigenvalue weighted by atomic mass is 9.69. The summed E-state index contributed by atoms with van der Waals surface area (Å²) in [6, 6.07) is -0.632. The molecule has 140 valence electrons. The number of carboxylic acids is 1. The fraction of sp³-hybridized carbons (Fsp3) is 0.688. The number of esters is 1. The molecule has 1 saturated carbocycles. The molecule has 0 saturated heterocycles. The van der Waals surface area contributed by atoms with Crippen molar-refractivity contribution in [2.45, 2.75) is 52.3 Å². The number of aromatic carboxylic acids is 1.